The molecule has 0 aromatic heterocycles. The van der Waals surface area contributed by atoms with Crippen LogP contribution in [0, 0.1) is 11.7 Å². The molecular weight excluding hydrogens is 191 g/mol. The maximum atomic E-state index is 12.7. The van der Waals surface area contributed by atoms with Crippen molar-refractivity contribution in [2.45, 2.75) is 19.4 Å². The van der Waals surface area contributed by atoms with Gasteiger partial charge in [-0.15, -0.1) is 0 Å². The lowest BCUT2D eigenvalue weighted by Crippen LogP contribution is -2.29. The Bertz CT molecular complexity index is 321. The van der Waals surface area contributed by atoms with Crippen LogP contribution in [0.5, 0.6) is 0 Å². The molecule has 0 spiro atoms. The Balaban J connectivity index is 2.04. The fourth-order valence-corrected chi connectivity index (χ4v) is 2.10. The molecule has 1 aromatic carbocycles. The van der Waals surface area contributed by atoms with E-state index in [9.17, 15) is 4.39 Å². The van der Waals surface area contributed by atoms with Crippen LogP contribution in [0.4, 0.5) is 10.1 Å². The van der Waals surface area contributed by atoms with Crippen molar-refractivity contribution in [3.05, 3.63) is 30.1 Å². The van der Waals surface area contributed by atoms with Crippen molar-refractivity contribution < 1.29 is 4.39 Å². The lowest BCUT2D eigenvalue weighted by Gasteiger charge is -2.19. The van der Waals surface area contributed by atoms with Gasteiger partial charge in [0.25, 0.3) is 0 Å². The third kappa shape index (κ3) is 2.29. The maximum Gasteiger partial charge on any atom is 0.123 e. The molecule has 3 heteroatoms. The highest BCUT2D eigenvalue weighted by molar-refractivity contribution is 5.47. The summed E-state index contributed by atoms with van der Waals surface area (Å²) in [5, 5.41) is 0. The Labute approximate surface area is 89.9 Å². The Hall–Kier alpha value is -1.09. The molecule has 1 saturated heterocycles. The van der Waals surface area contributed by atoms with Crippen molar-refractivity contribution in [3.8, 4) is 0 Å². The van der Waals surface area contributed by atoms with Gasteiger partial charge in [0.05, 0.1) is 0 Å². The first-order valence-corrected chi connectivity index (χ1v) is 5.43. The van der Waals surface area contributed by atoms with Crippen molar-refractivity contribution >= 4 is 5.69 Å². The van der Waals surface area contributed by atoms with Gasteiger partial charge in [0.15, 0.2) is 0 Å². The average molecular weight is 208 g/mol. The second-order valence-corrected chi connectivity index (χ2v) is 4.33. The van der Waals surface area contributed by atoms with Crippen LogP contribution < -0.4 is 10.6 Å². The number of benzene rings is 1. The van der Waals surface area contributed by atoms with E-state index >= 15 is 0 Å². The number of rotatable bonds is 2. The molecule has 15 heavy (non-hydrogen) atoms. The minimum absolute atomic E-state index is 0.179. The van der Waals surface area contributed by atoms with Crippen molar-refractivity contribution in [1.82, 2.24) is 0 Å². The summed E-state index contributed by atoms with van der Waals surface area (Å²) in [5.74, 6) is 0.386. The van der Waals surface area contributed by atoms with Gasteiger partial charge in [-0.1, -0.05) is 0 Å². The van der Waals surface area contributed by atoms with Crippen molar-refractivity contribution in [3.63, 3.8) is 0 Å². The van der Waals surface area contributed by atoms with Gasteiger partial charge in [-0.2, -0.15) is 0 Å². The third-order valence-corrected chi connectivity index (χ3v) is 3.16. The summed E-state index contributed by atoms with van der Waals surface area (Å²) in [4.78, 5) is 2.27. The fraction of sp³-hybridized carbons (Fsp3) is 0.500. The third-order valence-electron chi connectivity index (χ3n) is 3.16. The second kappa shape index (κ2) is 4.19. The normalized spacial score (nSPS) is 23.1. The van der Waals surface area contributed by atoms with Gasteiger partial charge < -0.3 is 10.6 Å². The molecule has 2 rings (SSSR count). The van der Waals surface area contributed by atoms with Gasteiger partial charge in [-0.3, -0.25) is 0 Å². The van der Waals surface area contributed by atoms with E-state index in [0.29, 0.717) is 5.92 Å². The fourth-order valence-electron chi connectivity index (χ4n) is 2.10. The van der Waals surface area contributed by atoms with Crippen molar-refractivity contribution in [2.24, 2.45) is 11.7 Å². The maximum absolute atomic E-state index is 12.7. The van der Waals surface area contributed by atoms with Crippen LogP contribution in [0.2, 0.25) is 0 Å². The molecule has 0 aliphatic carbocycles. The molecule has 0 bridgehead atoms. The molecule has 2 atom stereocenters. The monoisotopic (exact) mass is 208 g/mol. The standard InChI is InChI=1S/C12H17FN2/c1-9(14)10-6-7-15(8-10)12-4-2-11(13)3-5-12/h2-5,9-10H,6-8,14H2,1H3. The molecule has 82 valence electrons. The van der Waals surface area contributed by atoms with E-state index in [0.717, 1.165) is 25.2 Å². The summed E-state index contributed by atoms with van der Waals surface area (Å²) in [5.41, 5.74) is 6.97. The predicted octanol–water partition coefficient (Wildman–Crippen LogP) is 2.00. The van der Waals surface area contributed by atoms with Crippen molar-refractivity contribution in [1.29, 1.82) is 0 Å². The van der Waals surface area contributed by atoms with Gasteiger partial charge in [-0.05, 0) is 43.5 Å². The quantitative estimate of drug-likeness (QED) is 0.805. The van der Waals surface area contributed by atoms with Gasteiger partial charge in [0.2, 0.25) is 0 Å². The van der Waals surface area contributed by atoms with Gasteiger partial charge in [0, 0.05) is 24.8 Å². The predicted molar refractivity (Wildman–Crippen MR) is 60.4 cm³/mol. The highest BCUT2D eigenvalue weighted by Crippen LogP contribution is 2.25. The molecule has 1 heterocycles. The highest BCUT2D eigenvalue weighted by Gasteiger charge is 2.25. The number of nitrogens with zero attached hydrogens (tertiary/aromatic N) is 1. The average Bonchev–Trinajstić information content (AvgIpc) is 2.68. The molecule has 1 fully saturated rings. The SMILES string of the molecule is CC(N)C1CCN(c2ccc(F)cc2)C1. The van der Waals surface area contributed by atoms with Crippen LogP contribution in [0.3, 0.4) is 0 Å². The Morgan fingerprint density at radius 1 is 1.40 bits per heavy atom. The van der Waals surface area contributed by atoms with E-state index < -0.39 is 0 Å². The molecule has 1 aliphatic heterocycles. The number of nitrogens with two attached hydrogens (primary N) is 1. The number of hydrogen-bond acceptors (Lipinski definition) is 2. The summed E-state index contributed by atoms with van der Waals surface area (Å²) in [6, 6.07) is 6.93. The minimum Gasteiger partial charge on any atom is -0.371 e. The van der Waals surface area contributed by atoms with Crippen LogP contribution in [0.15, 0.2) is 24.3 Å². The molecule has 0 saturated carbocycles. The zero-order chi connectivity index (χ0) is 10.8. The summed E-state index contributed by atoms with van der Waals surface area (Å²) in [6.07, 6.45) is 1.13. The Morgan fingerprint density at radius 3 is 2.60 bits per heavy atom. The summed E-state index contributed by atoms with van der Waals surface area (Å²) >= 11 is 0. The topological polar surface area (TPSA) is 29.3 Å². The van der Waals surface area contributed by atoms with Crippen LogP contribution >= 0.6 is 0 Å². The lowest BCUT2D eigenvalue weighted by atomic mass is 10.0. The van der Waals surface area contributed by atoms with Crippen LogP contribution in [0.25, 0.3) is 0 Å². The molecule has 2 nitrogen and oxygen atoms in total. The molecule has 1 aliphatic rings. The first kappa shape index (κ1) is 10.4. The zero-order valence-corrected chi connectivity index (χ0v) is 8.99. The first-order valence-electron chi connectivity index (χ1n) is 5.43. The molecular formula is C12H17FN2. The summed E-state index contributed by atoms with van der Waals surface area (Å²) in [7, 11) is 0. The van der Waals surface area contributed by atoms with Crippen molar-refractivity contribution in [2.75, 3.05) is 18.0 Å². The molecule has 2 unspecified atom stereocenters. The number of halogens is 1. The van der Waals surface area contributed by atoms with Gasteiger partial charge in [-0.25, -0.2) is 4.39 Å². The Morgan fingerprint density at radius 2 is 2.07 bits per heavy atom. The van der Waals surface area contributed by atoms with E-state index in [-0.39, 0.29) is 11.9 Å². The van der Waals surface area contributed by atoms with E-state index in [2.05, 4.69) is 11.8 Å². The van der Waals surface area contributed by atoms with E-state index in [1.54, 1.807) is 0 Å². The van der Waals surface area contributed by atoms with Crippen LogP contribution in [-0.2, 0) is 0 Å². The molecule has 2 N–H and O–H groups in total. The first-order chi connectivity index (χ1) is 7.16. The molecule has 0 radical (unpaired) electrons. The lowest BCUT2D eigenvalue weighted by molar-refractivity contribution is 0.488. The highest BCUT2D eigenvalue weighted by atomic mass is 19.1. The zero-order valence-electron chi connectivity index (χ0n) is 8.99. The van der Waals surface area contributed by atoms with E-state index in [1.807, 2.05) is 12.1 Å². The largest absolute Gasteiger partial charge is 0.371 e. The van der Waals surface area contributed by atoms with E-state index in [1.165, 1.54) is 12.1 Å². The summed E-state index contributed by atoms with van der Waals surface area (Å²) < 4.78 is 12.7. The summed E-state index contributed by atoms with van der Waals surface area (Å²) in [6.45, 7) is 4.07. The van der Waals surface area contributed by atoms with E-state index in [4.69, 9.17) is 5.73 Å². The van der Waals surface area contributed by atoms with Crippen LogP contribution in [-0.4, -0.2) is 19.1 Å². The Kier molecular flexibility index (Phi) is 2.91. The van der Waals surface area contributed by atoms with Gasteiger partial charge >= 0.3 is 0 Å². The number of anilines is 1. The number of hydrogen-bond donors (Lipinski definition) is 1. The molecule has 1 aromatic rings. The minimum atomic E-state index is -0.179. The van der Waals surface area contributed by atoms with Crippen LogP contribution in [0.1, 0.15) is 13.3 Å². The smallest absolute Gasteiger partial charge is 0.123 e. The van der Waals surface area contributed by atoms with Gasteiger partial charge in [0.1, 0.15) is 5.82 Å². The molecule has 0 amide bonds. The second-order valence-electron chi connectivity index (χ2n) is 4.33.